The first-order valence-electron chi connectivity index (χ1n) is 15.3. The summed E-state index contributed by atoms with van der Waals surface area (Å²) in [6, 6.07) is 0. The van der Waals surface area contributed by atoms with Crippen LogP contribution in [0.2, 0.25) is 0 Å². The average molecular weight is 1060 g/mol. The third kappa shape index (κ3) is 7.93. The number of hydrogen-bond donors (Lipinski definition) is 0. The molecule has 4 rings (SSSR count). The Morgan fingerprint density at radius 3 is 1.10 bits per heavy atom. The highest BCUT2D eigenvalue weighted by Gasteiger charge is 2.62. The predicted octanol–water partition coefficient (Wildman–Crippen LogP) is 2.88. The summed E-state index contributed by atoms with van der Waals surface area (Å²) in [6.45, 7) is 8.74. The van der Waals surface area contributed by atoms with E-state index in [0.717, 1.165) is 0 Å². The third-order valence-corrected chi connectivity index (χ3v) is 18.3. The Bertz CT molecular complexity index is 1430. The molecule has 14 unspecified atom stereocenters. The van der Waals surface area contributed by atoms with Crippen LogP contribution in [0.25, 0.3) is 0 Å². The summed E-state index contributed by atoms with van der Waals surface area (Å²) >= 11 is 6.54. The molecule has 260 valence electrons. The van der Waals surface area contributed by atoms with Crippen molar-refractivity contribution in [3.63, 3.8) is 0 Å². The fraction of sp³-hybridized carbons (Fsp3) is 0.704. The summed E-state index contributed by atoms with van der Waals surface area (Å²) in [7, 11) is 0.339. The fourth-order valence-corrected chi connectivity index (χ4v) is 19.5. The van der Waals surface area contributed by atoms with E-state index in [-0.39, 0.29) is 44.6 Å². The molecule has 0 bridgehead atoms. The fourth-order valence-electron chi connectivity index (χ4n) is 7.95. The lowest BCUT2D eigenvalue weighted by Gasteiger charge is -2.43. The van der Waals surface area contributed by atoms with Crippen LogP contribution >= 0.6 is 92.5 Å². The van der Waals surface area contributed by atoms with Crippen molar-refractivity contribution in [1.29, 1.82) is 0 Å². The van der Waals surface area contributed by atoms with Crippen molar-refractivity contribution in [3.8, 4) is 0 Å². The lowest BCUT2D eigenvalue weighted by Crippen LogP contribution is -2.47. The standard InChI is InChI=1S/C27H35B3I3O12P3/c1-9-11(19(36)42-17(9)34)6-26(4,47-29-32)15-13(21(38)45-23(15)40)8-27(5,48-30-33)16-12(20(37)44-24(16)41)7-25(3,46-28-31)14-10(2)18(35)43-22(14)39/h9-16,28-30,46-48H,6-8H2,1-5H3. The van der Waals surface area contributed by atoms with Crippen LogP contribution in [0, 0.1) is 47.3 Å². The van der Waals surface area contributed by atoms with E-state index in [1.54, 1.807) is 13.8 Å². The number of ether oxygens (including phenoxy) is 4. The smallest absolute Gasteiger partial charge is 0.318 e. The summed E-state index contributed by atoms with van der Waals surface area (Å²) in [5, 5.41) is -2.78. The molecule has 4 saturated heterocycles. The topological polar surface area (TPSA) is 173 Å². The van der Waals surface area contributed by atoms with Crippen LogP contribution in [0.3, 0.4) is 0 Å². The van der Waals surface area contributed by atoms with Gasteiger partial charge < -0.3 is 18.9 Å². The summed E-state index contributed by atoms with van der Waals surface area (Å²) < 4.78 is 20.4. The monoisotopic (exact) mass is 1060 g/mol. The molecule has 0 aromatic rings. The lowest BCUT2D eigenvalue weighted by molar-refractivity contribution is -0.156. The van der Waals surface area contributed by atoms with E-state index in [1.807, 2.05) is 20.8 Å². The lowest BCUT2D eigenvalue weighted by atomic mass is 9.69. The molecule has 12 nitrogen and oxygen atoms in total. The molecule has 4 aliphatic heterocycles. The predicted molar refractivity (Wildman–Crippen MR) is 211 cm³/mol. The highest BCUT2D eigenvalue weighted by atomic mass is 127. The zero-order valence-electron chi connectivity index (χ0n) is 26.9. The van der Waals surface area contributed by atoms with E-state index >= 15 is 0 Å². The van der Waals surface area contributed by atoms with Gasteiger partial charge in [-0.2, -0.15) is 0 Å². The highest BCUT2D eigenvalue weighted by Crippen LogP contribution is 2.58. The van der Waals surface area contributed by atoms with E-state index in [2.05, 4.69) is 67.1 Å². The zero-order valence-corrected chi connectivity index (χ0v) is 36.4. The number of halogens is 3. The normalized spacial score (nSPS) is 34.9. The second-order valence-electron chi connectivity index (χ2n) is 13.6. The molecule has 4 heterocycles. The van der Waals surface area contributed by atoms with Gasteiger partial charge in [0, 0.05) is 0 Å². The molecule has 21 heteroatoms. The minimum atomic E-state index is -1.00. The minimum absolute atomic E-state index is 0.0315. The largest absolute Gasteiger partial charge is 0.393 e. The van der Waals surface area contributed by atoms with Crippen LogP contribution in [-0.4, -0.2) is 77.8 Å². The quantitative estimate of drug-likeness (QED) is 0.0588. The Labute approximate surface area is 326 Å². The first-order chi connectivity index (χ1) is 22.4. The van der Waals surface area contributed by atoms with Gasteiger partial charge in [0.1, 0.15) is 0 Å². The zero-order chi connectivity index (χ0) is 35.9. The van der Waals surface area contributed by atoms with Crippen LogP contribution in [0.15, 0.2) is 0 Å². The maximum absolute atomic E-state index is 13.6. The van der Waals surface area contributed by atoms with Gasteiger partial charge in [-0.25, -0.2) is 0 Å². The van der Waals surface area contributed by atoms with Gasteiger partial charge in [0.05, 0.1) is 47.3 Å². The summed E-state index contributed by atoms with van der Waals surface area (Å²) in [5.41, 5.74) is 0. The van der Waals surface area contributed by atoms with Gasteiger partial charge in [0.2, 0.25) is 14.6 Å². The molecule has 0 aliphatic carbocycles. The van der Waals surface area contributed by atoms with Crippen molar-refractivity contribution in [3.05, 3.63) is 0 Å². The molecule has 48 heavy (non-hydrogen) atoms. The molecule has 0 N–H and O–H groups in total. The Balaban J connectivity index is 1.72. The van der Waals surface area contributed by atoms with Crippen LogP contribution in [0.4, 0.5) is 0 Å². The van der Waals surface area contributed by atoms with E-state index in [1.165, 1.54) is 0 Å². The summed E-state index contributed by atoms with van der Waals surface area (Å²) in [5.74, 6) is -12.4. The van der Waals surface area contributed by atoms with Gasteiger partial charge in [0.25, 0.3) is 0 Å². The first kappa shape index (κ1) is 41.0. The highest BCUT2D eigenvalue weighted by molar-refractivity contribution is 14.1. The minimum Gasteiger partial charge on any atom is -0.393 e. The van der Waals surface area contributed by atoms with E-state index in [4.69, 9.17) is 18.9 Å². The van der Waals surface area contributed by atoms with Crippen LogP contribution in [-0.2, 0) is 57.3 Å². The maximum Gasteiger partial charge on any atom is 0.318 e. The van der Waals surface area contributed by atoms with E-state index in [9.17, 15) is 38.4 Å². The molecular formula is C27H35B3I3O12P3. The van der Waals surface area contributed by atoms with Gasteiger partial charge in [-0.1, -0.05) is 34.6 Å². The van der Waals surface area contributed by atoms with Gasteiger partial charge in [-0.15, -0.1) is 92.5 Å². The number of carbonyl (C=O) groups excluding carboxylic acids is 8. The number of carbonyl (C=O) groups is 8. The maximum atomic E-state index is 13.6. The van der Waals surface area contributed by atoms with Crippen LogP contribution in [0.5, 0.6) is 0 Å². The Morgan fingerprint density at radius 1 is 0.479 bits per heavy atom. The average Bonchev–Trinajstić information content (AvgIpc) is 3.60. The number of rotatable bonds is 15. The molecule has 0 aromatic heterocycles. The molecular weight excluding hydrogens is 1020 g/mol. The van der Waals surface area contributed by atoms with Gasteiger partial charge in [-0.05, 0) is 34.7 Å². The van der Waals surface area contributed by atoms with E-state index in [0.29, 0.717) is 14.6 Å². The molecule has 0 saturated carbocycles. The van der Waals surface area contributed by atoms with Crippen molar-refractivity contribution in [2.45, 2.75) is 69.3 Å². The second kappa shape index (κ2) is 16.1. The SMILES string of the molecule is CC1C(=O)OC(=O)C1CC(C)(PBI)C1C(=O)OC(=O)C1CC(C)(PBI)C1C(=O)OC(=O)C1CC(C)(PBI)C1C(=O)OC(=O)C1C. The summed E-state index contributed by atoms with van der Waals surface area (Å²) in [4.78, 5) is 106. The molecule has 0 amide bonds. The molecule has 14 atom stereocenters. The first-order valence-corrected chi connectivity index (χ1v) is 23.5. The van der Waals surface area contributed by atoms with Gasteiger partial charge in [0.15, 0.2) is 0 Å². The molecule has 4 fully saturated rings. The number of hydrogen-bond acceptors (Lipinski definition) is 12. The van der Waals surface area contributed by atoms with Gasteiger partial charge >= 0.3 is 47.8 Å². The molecule has 4 aliphatic rings. The molecule has 0 spiro atoms. The Hall–Kier alpha value is 0.235. The van der Waals surface area contributed by atoms with Crippen molar-refractivity contribution < 1.29 is 57.3 Å². The summed E-state index contributed by atoms with van der Waals surface area (Å²) in [6.07, 6.45) is 0.249. The van der Waals surface area contributed by atoms with Crippen LogP contribution in [0.1, 0.15) is 53.9 Å². The van der Waals surface area contributed by atoms with Crippen molar-refractivity contribution in [2.24, 2.45) is 47.3 Å². The molecule has 0 radical (unpaired) electrons. The van der Waals surface area contributed by atoms with E-state index < -0.39 is 111 Å². The Kier molecular flexibility index (Phi) is 13.7. The van der Waals surface area contributed by atoms with Crippen molar-refractivity contribution >= 4 is 155 Å². The second-order valence-corrected chi connectivity index (χ2v) is 25.7. The van der Waals surface area contributed by atoms with Crippen molar-refractivity contribution in [1.82, 2.24) is 0 Å². The Morgan fingerprint density at radius 2 is 0.771 bits per heavy atom. The van der Waals surface area contributed by atoms with Crippen molar-refractivity contribution in [2.75, 3.05) is 0 Å². The van der Waals surface area contributed by atoms with Crippen LogP contribution < -0.4 is 0 Å². The number of cyclic esters (lactones) is 8. The third-order valence-electron chi connectivity index (χ3n) is 10.5. The van der Waals surface area contributed by atoms with Gasteiger partial charge in [-0.3, -0.25) is 38.4 Å². The molecule has 0 aromatic carbocycles. The number of esters is 8.